The van der Waals surface area contributed by atoms with E-state index in [2.05, 4.69) is 10.5 Å². The van der Waals surface area contributed by atoms with Crippen LogP contribution in [0.25, 0.3) is 10.1 Å². The maximum Gasteiger partial charge on any atom is 0.355 e. The maximum absolute atomic E-state index is 12.7. The summed E-state index contributed by atoms with van der Waals surface area (Å²) in [6.45, 7) is 0. The Labute approximate surface area is 202 Å². The molecule has 1 amide bonds. The molecule has 0 aliphatic carbocycles. The summed E-state index contributed by atoms with van der Waals surface area (Å²) < 4.78 is 6.46. The van der Waals surface area contributed by atoms with Gasteiger partial charge in [0, 0.05) is 21.2 Å². The summed E-state index contributed by atoms with van der Waals surface area (Å²) in [7, 11) is 0. The van der Waals surface area contributed by atoms with Crippen LogP contribution in [-0.4, -0.2) is 18.1 Å². The number of benzene rings is 3. The van der Waals surface area contributed by atoms with Crippen molar-refractivity contribution in [3.05, 3.63) is 97.8 Å². The monoisotopic (exact) mass is 502 g/mol. The van der Waals surface area contributed by atoms with Gasteiger partial charge in [0.1, 0.15) is 10.6 Å². The third kappa shape index (κ3) is 4.79. The number of hydrogen-bond donors (Lipinski definition) is 1. The lowest BCUT2D eigenvalue weighted by Gasteiger charge is -2.06. The molecule has 0 bridgehead atoms. The first-order valence-electron chi connectivity index (χ1n) is 9.20. The number of thiophene rings is 1. The number of hydrazone groups is 1. The van der Waals surface area contributed by atoms with Gasteiger partial charge in [0.25, 0.3) is 5.91 Å². The van der Waals surface area contributed by atoms with Crippen molar-refractivity contribution in [1.82, 2.24) is 5.43 Å². The second kappa shape index (κ2) is 9.71. The Kier molecular flexibility index (Phi) is 6.77. The zero-order valence-corrected chi connectivity index (χ0v) is 19.2. The zero-order chi connectivity index (χ0) is 22.7. The first kappa shape index (κ1) is 22.3. The highest BCUT2D eigenvalue weighted by Crippen LogP contribution is 2.36. The summed E-state index contributed by atoms with van der Waals surface area (Å²) in [5, 5.41) is 5.71. The predicted octanol–water partition coefficient (Wildman–Crippen LogP) is 6.84. The Balaban J connectivity index is 1.50. The van der Waals surface area contributed by atoms with Gasteiger partial charge in [-0.25, -0.2) is 10.2 Å². The summed E-state index contributed by atoms with van der Waals surface area (Å²) in [5.41, 5.74) is 3.20. The molecule has 1 aromatic heterocycles. The molecular weight excluding hydrogens is 491 g/mol. The predicted molar refractivity (Wildman–Crippen MR) is 130 cm³/mol. The van der Waals surface area contributed by atoms with E-state index in [1.54, 1.807) is 24.3 Å². The van der Waals surface area contributed by atoms with Crippen LogP contribution in [0.3, 0.4) is 0 Å². The van der Waals surface area contributed by atoms with Crippen LogP contribution in [0.15, 0.2) is 71.8 Å². The topological polar surface area (TPSA) is 67.8 Å². The Bertz CT molecular complexity index is 1370. The molecule has 1 heterocycles. The molecule has 0 saturated carbocycles. The lowest BCUT2D eigenvalue weighted by Crippen LogP contribution is -2.17. The van der Waals surface area contributed by atoms with E-state index in [1.807, 2.05) is 24.3 Å². The second-order valence-corrected chi connectivity index (χ2v) is 8.74. The lowest BCUT2D eigenvalue weighted by atomic mass is 10.2. The average Bonchev–Trinajstić information content (AvgIpc) is 3.13. The molecule has 0 fully saturated rings. The molecule has 32 heavy (non-hydrogen) atoms. The number of esters is 1. The van der Waals surface area contributed by atoms with Gasteiger partial charge >= 0.3 is 5.97 Å². The number of para-hydroxylation sites is 1. The van der Waals surface area contributed by atoms with E-state index in [0.717, 1.165) is 10.1 Å². The Hall–Kier alpha value is -2.90. The molecule has 9 heteroatoms. The van der Waals surface area contributed by atoms with Gasteiger partial charge in [0.2, 0.25) is 0 Å². The number of halogens is 3. The number of carbonyl (C=O) groups is 2. The van der Waals surface area contributed by atoms with E-state index >= 15 is 0 Å². The quantitative estimate of drug-likeness (QED) is 0.140. The van der Waals surface area contributed by atoms with Crippen LogP contribution < -0.4 is 10.2 Å². The molecule has 1 N–H and O–H groups in total. The fourth-order valence-electron chi connectivity index (χ4n) is 2.83. The van der Waals surface area contributed by atoms with Gasteiger partial charge < -0.3 is 4.74 Å². The molecule has 0 aliphatic rings. The second-order valence-electron chi connectivity index (χ2n) is 6.50. The molecule has 4 rings (SSSR count). The van der Waals surface area contributed by atoms with Crippen molar-refractivity contribution in [2.75, 3.05) is 0 Å². The molecule has 0 radical (unpaired) electrons. The van der Waals surface area contributed by atoms with Crippen molar-refractivity contribution in [2.45, 2.75) is 0 Å². The third-order valence-electron chi connectivity index (χ3n) is 4.39. The number of rotatable bonds is 5. The lowest BCUT2D eigenvalue weighted by molar-refractivity contribution is 0.0739. The summed E-state index contributed by atoms with van der Waals surface area (Å²) in [5.74, 6) is -0.762. The van der Waals surface area contributed by atoms with Gasteiger partial charge in [0.05, 0.1) is 21.3 Å². The minimum atomic E-state index is -0.572. The molecule has 0 unspecified atom stereocenters. The van der Waals surface area contributed by atoms with E-state index in [1.165, 1.54) is 35.8 Å². The Morgan fingerprint density at radius 3 is 2.47 bits per heavy atom. The minimum Gasteiger partial charge on any atom is -0.422 e. The molecule has 160 valence electrons. The maximum atomic E-state index is 12.7. The Morgan fingerprint density at radius 2 is 1.69 bits per heavy atom. The van der Waals surface area contributed by atoms with Gasteiger partial charge in [-0.3, -0.25) is 4.79 Å². The fraction of sp³-hybridized carbons (Fsp3) is 0. The van der Waals surface area contributed by atoms with Gasteiger partial charge in [-0.1, -0.05) is 65.1 Å². The third-order valence-corrected chi connectivity index (χ3v) is 6.79. The van der Waals surface area contributed by atoms with Crippen LogP contribution in [0.2, 0.25) is 15.1 Å². The largest absolute Gasteiger partial charge is 0.422 e. The Morgan fingerprint density at radius 1 is 0.938 bits per heavy atom. The van der Waals surface area contributed by atoms with Crippen LogP contribution >= 0.6 is 46.1 Å². The number of ether oxygens (including phenoxy) is 1. The molecule has 0 aliphatic heterocycles. The number of fused-ring (bicyclic) bond motifs is 1. The van der Waals surface area contributed by atoms with Gasteiger partial charge in [-0.05, 0) is 36.4 Å². The first-order valence-corrected chi connectivity index (χ1v) is 11.2. The van der Waals surface area contributed by atoms with Gasteiger partial charge in [-0.2, -0.15) is 5.10 Å². The standard InChI is InChI=1S/C23H13Cl3N2O3S/c24-16-10-9-13(11-17(16)25)22(29)28-27-12-14-5-1-3-7-18(14)31-23(30)21-20(26)15-6-2-4-8-19(15)32-21/h1-12H,(H,28,29)/b27-12+. The summed E-state index contributed by atoms with van der Waals surface area (Å²) in [4.78, 5) is 25.3. The van der Waals surface area contributed by atoms with Crippen molar-refractivity contribution in [3.8, 4) is 5.75 Å². The summed E-state index contributed by atoms with van der Waals surface area (Å²) in [6.07, 6.45) is 1.38. The molecule has 5 nitrogen and oxygen atoms in total. The number of hydrogen-bond acceptors (Lipinski definition) is 5. The smallest absolute Gasteiger partial charge is 0.355 e. The number of nitrogens with zero attached hydrogens (tertiary/aromatic N) is 1. The van der Waals surface area contributed by atoms with Crippen molar-refractivity contribution in [1.29, 1.82) is 0 Å². The van der Waals surface area contributed by atoms with Crippen LogP contribution in [0.5, 0.6) is 5.75 Å². The highest BCUT2D eigenvalue weighted by Gasteiger charge is 2.19. The van der Waals surface area contributed by atoms with E-state index in [0.29, 0.717) is 26.0 Å². The van der Waals surface area contributed by atoms with E-state index < -0.39 is 11.9 Å². The van der Waals surface area contributed by atoms with Crippen molar-refractivity contribution in [3.63, 3.8) is 0 Å². The molecule has 3 aromatic carbocycles. The van der Waals surface area contributed by atoms with Crippen LogP contribution in [0, 0.1) is 0 Å². The highest BCUT2D eigenvalue weighted by atomic mass is 35.5. The van der Waals surface area contributed by atoms with Crippen molar-refractivity contribution < 1.29 is 14.3 Å². The van der Waals surface area contributed by atoms with Gasteiger partial charge in [-0.15, -0.1) is 11.3 Å². The number of amides is 1. The SMILES string of the molecule is O=C(N/N=C/c1ccccc1OC(=O)c1sc2ccccc2c1Cl)c1ccc(Cl)c(Cl)c1. The van der Waals surface area contributed by atoms with E-state index in [4.69, 9.17) is 39.5 Å². The zero-order valence-electron chi connectivity index (χ0n) is 16.1. The first-order chi connectivity index (χ1) is 15.4. The molecule has 0 spiro atoms. The number of carbonyl (C=O) groups excluding carboxylic acids is 2. The fourth-order valence-corrected chi connectivity index (χ4v) is 4.52. The molecule has 0 saturated heterocycles. The van der Waals surface area contributed by atoms with Crippen LogP contribution in [-0.2, 0) is 0 Å². The van der Waals surface area contributed by atoms with E-state index in [-0.39, 0.29) is 10.8 Å². The minimum absolute atomic E-state index is 0.264. The summed E-state index contributed by atoms with van der Waals surface area (Å²) >= 11 is 19.4. The van der Waals surface area contributed by atoms with Crippen molar-refractivity contribution >= 4 is 74.3 Å². The molecule has 0 atom stereocenters. The average molecular weight is 504 g/mol. The number of nitrogens with one attached hydrogen (secondary N) is 1. The normalized spacial score (nSPS) is 11.1. The van der Waals surface area contributed by atoms with Crippen LogP contribution in [0.4, 0.5) is 0 Å². The van der Waals surface area contributed by atoms with Gasteiger partial charge in [0.15, 0.2) is 0 Å². The van der Waals surface area contributed by atoms with E-state index in [9.17, 15) is 9.59 Å². The van der Waals surface area contributed by atoms with Crippen LogP contribution in [0.1, 0.15) is 25.6 Å². The summed E-state index contributed by atoms with van der Waals surface area (Å²) in [6, 6.07) is 18.8. The highest BCUT2D eigenvalue weighted by molar-refractivity contribution is 7.21. The molecule has 4 aromatic rings. The molecular formula is C23H13Cl3N2O3S. The van der Waals surface area contributed by atoms with Crippen molar-refractivity contribution in [2.24, 2.45) is 5.10 Å².